The molecule has 0 unspecified atom stereocenters. The average Bonchev–Trinajstić information content (AvgIpc) is 2.31. The van der Waals surface area contributed by atoms with Crippen LogP contribution in [0.2, 0.25) is 0 Å². The standard InChI is InChI=1S/C12H21N3O5/c1-15(6-7-4-8(16)5-7)12(20)14-9(11(18)19)2-3-10(13)17/h7-9,16H,2-6H2,1H3,(H2,13,17)(H,14,20)(H,18,19)/t7?,8?,9-/m1/s1. The Balaban J connectivity index is 2.39. The van der Waals surface area contributed by atoms with E-state index < -0.39 is 23.9 Å². The van der Waals surface area contributed by atoms with Gasteiger partial charge in [-0.3, -0.25) is 4.79 Å². The van der Waals surface area contributed by atoms with Gasteiger partial charge in [-0.15, -0.1) is 0 Å². The van der Waals surface area contributed by atoms with Gasteiger partial charge >= 0.3 is 12.0 Å². The maximum Gasteiger partial charge on any atom is 0.326 e. The van der Waals surface area contributed by atoms with Gasteiger partial charge in [0.25, 0.3) is 0 Å². The third kappa shape index (κ3) is 5.04. The fourth-order valence-electron chi connectivity index (χ4n) is 2.12. The minimum atomic E-state index is -1.20. The van der Waals surface area contributed by atoms with Crippen LogP contribution in [0.1, 0.15) is 25.7 Å². The van der Waals surface area contributed by atoms with E-state index in [2.05, 4.69) is 5.32 Å². The number of carboxylic acids is 1. The van der Waals surface area contributed by atoms with Crippen molar-refractivity contribution in [3.05, 3.63) is 0 Å². The molecule has 8 heteroatoms. The van der Waals surface area contributed by atoms with Crippen LogP contribution in [-0.4, -0.2) is 58.8 Å². The molecule has 114 valence electrons. The van der Waals surface area contributed by atoms with Gasteiger partial charge in [0, 0.05) is 20.0 Å². The quantitative estimate of drug-likeness (QED) is 0.482. The SMILES string of the molecule is CN(CC1CC(O)C1)C(=O)N[C@H](CCC(N)=O)C(=O)O. The van der Waals surface area contributed by atoms with Crippen LogP contribution >= 0.6 is 0 Å². The van der Waals surface area contributed by atoms with E-state index in [1.165, 1.54) is 4.90 Å². The molecule has 1 saturated carbocycles. The minimum Gasteiger partial charge on any atom is -0.480 e. The molecule has 0 saturated heterocycles. The summed E-state index contributed by atoms with van der Waals surface area (Å²) in [5.74, 6) is -1.57. The fraction of sp³-hybridized carbons (Fsp3) is 0.750. The van der Waals surface area contributed by atoms with Crippen LogP contribution in [0.4, 0.5) is 4.79 Å². The summed E-state index contributed by atoms with van der Waals surface area (Å²) in [6, 6.07) is -1.65. The number of hydrogen-bond acceptors (Lipinski definition) is 4. The lowest BCUT2D eigenvalue weighted by Gasteiger charge is -2.34. The van der Waals surface area contributed by atoms with Crippen LogP contribution in [0.5, 0.6) is 0 Å². The number of aliphatic hydroxyl groups is 1. The zero-order valence-electron chi connectivity index (χ0n) is 11.4. The van der Waals surface area contributed by atoms with Gasteiger partial charge in [-0.2, -0.15) is 0 Å². The van der Waals surface area contributed by atoms with Gasteiger partial charge in [0.1, 0.15) is 6.04 Å². The second-order valence-corrected chi connectivity index (χ2v) is 5.22. The summed E-state index contributed by atoms with van der Waals surface area (Å²) in [5, 5.41) is 20.5. The third-order valence-corrected chi connectivity index (χ3v) is 3.36. The van der Waals surface area contributed by atoms with E-state index in [9.17, 15) is 14.4 Å². The summed E-state index contributed by atoms with van der Waals surface area (Å²) >= 11 is 0. The van der Waals surface area contributed by atoms with Crippen LogP contribution in [0.15, 0.2) is 0 Å². The maximum atomic E-state index is 11.8. The Bertz CT molecular complexity index is 381. The monoisotopic (exact) mass is 287 g/mol. The smallest absolute Gasteiger partial charge is 0.326 e. The second-order valence-electron chi connectivity index (χ2n) is 5.22. The summed E-state index contributed by atoms with van der Waals surface area (Å²) in [7, 11) is 1.56. The van der Waals surface area contributed by atoms with E-state index in [-0.39, 0.29) is 24.9 Å². The topological polar surface area (TPSA) is 133 Å². The van der Waals surface area contributed by atoms with Crippen molar-refractivity contribution in [2.24, 2.45) is 11.7 Å². The van der Waals surface area contributed by atoms with Crippen LogP contribution in [0.3, 0.4) is 0 Å². The van der Waals surface area contributed by atoms with Crippen LogP contribution in [-0.2, 0) is 9.59 Å². The van der Waals surface area contributed by atoms with Gasteiger partial charge < -0.3 is 26.2 Å². The normalized spacial score (nSPS) is 22.5. The highest BCUT2D eigenvalue weighted by atomic mass is 16.4. The molecule has 0 aliphatic heterocycles. The van der Waals surface area contributed by atoms with E-state index in [0.717, 1.165) is 0 Å². The Kier molecular flexibility index (Phi) is 5.75. The number of nitrogens with zero attached hydrogens (tertiary/aromatic N) is 1. The van der Waals surface area contributed by atoms with Crippen LogP contribution < -0.4 is 11.1 Å². The van der Waals surface area contributed by atoms with Crippen molar-refractivity contribution in [3.8, 4) is 0 Å². The van der Waals surface area contributed by atoms with Crippen LogP contribution in [0, 0.1) is 5.92 Å². The molecule has 1 aliphatic carbocycles. The molecule has 1 atom stereocenters. The third-order valence-electron chi connectivity index (χ3n) is 3.36. The van der Waals surface area contributed by atoms with Crippen molar-refractivity contribution >= 4 is 17.9 Å². The first-order chi connectivity index (χ1) is 9.29. The van der Waals surface area contributed by atoms with Crippen molar-refractivity contribution in [2.75, 3.05) is 13.6 Å². The first-order valence-corrected chi connectivity index (χ1v) is 6.50. The van der Waals surface area contributed by atoms with E-state index in [1.807, 2.05) is 0 Å². The first-order valence-electron chi connectivity index (χ1n) is 6.50. The Hall–Kier alpha value is -1.83. The second kappa shape index (κ2) is 7.09. The number of carboxylic acid groups (broad SMARTS) is 1. The number of carbonyl (C=O) groups excluding carboxylic acids is 2. The zero-order valence-corrected chi connectivity index (χ0v) is 11.4. The largest absolute Gasteiger partial charge is 0.480 e. The van der Waals surface area contributed by atoms with Gasteiger partial charge in [-0.05, 0) is 25.2 Å². The maximum absolute atomic E-state index is 11.8. The number of nitrogens with one attached hydrogen (secondary N) is 1. The number of carbonyl (C=O) groups is 3. The Labute approximate surface area is 116 Å². The molecule has 0 aromatic carbocycles. The van der Waals surface area contributed by atoms with Crippen molar-refractivity contribution in [1.82, 2.24) is 10.2 Å². The highest BCUT2D eigenvalue weighted by Crippen LogP contribution is 2.27. The first kappa shape index (κ1) is 16.2. The number of hydrogen-bond donors (Lipinski definition) is 4. The number of urea groups is 1. The summed E-state index contributed by atoms with van der Waals surface area (Å²) in [6.07, 6.45) is 0.879. The molecule has 1 rings (SSSR count). The molecule has 0 heterocycles. The molecule has 3 amide bonds. The molecule has 0 aromatic heterocycles. The van der Waals surface area contributed by atoms with Crippen molar-refractivity contribution in [2.45, 2.75) is 37.8 Å². The number of rotatable bonds is 7. The Morgan fingerprint density at radius 2 is 2.00 bits per heavy atom. The molecule has 1 aliphatic rings. The molecule has 0 bridgehead atoms. The lowest BCUT2D eigenvalue weighted by molar-refractivity contribution is -0.139. The van der Waals surface area contributed by atoms with Gasteiger partial charge in [-0.25, -0.2) is 9.59 Å². The molecular weight excluding hydrogens is 266 g/mol. The van der Waals surface area contributed by atoms with E-state index in [4.69, 9.17) is 15.9 Å². The van der Waals surface area contributed by atoms with Gasteiger partial charge in [0.15, 0.2) is 0 Å². The lowest BCUT2D eigenvalue weighted by Crippen LogP contribution is -2.49. The summed E-state index contributed by atoms with van der Waals surface area (Å²) < 4.78 is 0. The highest BCUT2D eigenvalue weighted by molar-refractivity contribution is 5.83. The highest BCUT2D eigenvalue weighted by Gasteiger charge is 2.30. The molecule has 0 spiro atoms. The summed E-state index contributed by atoms with van der Waals surface area (Å²) in [6.45, 7) is 0.463. The van der Waals surface area contributed by atoms with E-state index in [0.29, 0.717) is 19.4 Å². The molecule has 8 nitrogen and oxygen atoms in total. The minimum absolute atomic E-state index is 0.0353. The predicted octanol–water partition coefficient (Wildman–Crippen LogP) is -0.883. The molecular formula is C12H21N3O5. The van der Waals surface area contributed by atoms with Gasteiger partial charge in [-0.1, -0.05) is 0 Å². The number of nitrogens with two attached hydrogens (primary N) is 1. The molecule has 0 aromatic rings. The molecule has 1 fully saturated rings. The number of primary amides is 1. The van der Waals surface area contributed by atoms with Gasteiger partial charge in [0.2, 0.25) is 5.91 Å². The van der Waals surface area contributed by atoms with Crippen LogP contribution in [0.25, 0.3) is 0 Å². The molecule has 20 heavy (non-hydrogen) atoms. The Morgan fingerprint density at radius 3 is 2.45 bits per heavy atom. The lowest BCUT2D eigenvalue weighted by atomic mass is 9.82. The number of amides is 3. The predicted molar refractivity (Wildman–Crippen MR) is 69.7 cm³/mol. The molecule has 0 radical (unpaired) electrons. The molecule has 5 N–H and O–H groups in total. The summed E-state index contributed by atoms with van der Waals surface area (Å²) in [5.41, 5.74) is 4.96. The van der Waals surface area contributed by atoms with Crippen molar-refractivity contribution in [1.29, 1.82) is 0 Å². The average molecular weight is 287 g/mol. The Morgan fingerprint density at radius 1 is 1.40 bits per heavy atom. The number of aliphatic hydroxyl groups excluding tert-OH is 1. The van der Waals surface area contributed by atoms with Gasteiger partial charge in [0.05, 0.1) is 6.10 Å². The fourth-order valence-corrected chi connectivity index (χ4v) is 2.12. The van der Waals surface area contributed by atoms with Crippen molar-refractivity contribution < 1.29 is 24.6 Å². The number of aliphatic carboxylic acids is 1. The summed E-state index contributed by atoms with van der Waals surface area (Å²) in [4.78, 5) is 34.9. The van der Waals surface area contributed by atoms with E-state index in [1.54, 1.807) is 7.05 Å². The zero-order chi connectivity index (χ0) is 15.3. The van der Waals surface area contributed by atoms with Crippen molar-refractivity contribution in [3.63, 3.8) is 0 Å². The van der Waals surface area contributed by atoms with E-state index >= 15 is 0 Å².